The summed E-state index contributed by atoms with van der Waals surface area (Å²) in [6.45, 7) is 9.75. The molecule has 2 amide bonds. The number of allylic oxidation sites excluding steroid dienone is 1. The minimum absolute atomic E-state index is 0.0165. The van der Waals surface area contributed by atoms with Gasteiger partial charge in [-0.1, -0.05) is 37.6 Å². The third kappa shape index (κ3) is 2.82. The van der Waals surface area contributed by atoms with Crippen LogP contribution in [0.3, 0.4) is 0 Å². The fourth-order valence-electron chi connectivity index (χ4n) is 4.31. The Morgan fingerprint density at radius 2 is 2.00 bits per heavy atom. The van der Waals surface area contributed by atoms with Crippen molar-refractivity contribution in [1.82, 2.24) is 4.90 Å². The summed E-state index contributed by atoms with van der Waals surface area (Å²) >= 11 is 0. The number of benzene rings is 1. The summed E-state index contributed by atoms with van der Waals surface area (Å²) in [5.41, 5.74) is -2.08. The minimum Gasteiger partial charge on any atom is -0.443 e. The molecule has 2 heterocycles. The monoisotopic (exact) mass is 386 g/mol. The molecule has 6 heteroatoms. The van der Waals surface area contributed by atoms with Gasteiger partial charge in [0.1, 0.15) is 11.1 Å². The van der Waals surface area contributed by atoms with Gasteiger partial charge in [-0.3, -0.25) is 4.79 Å². The number of hydrogen-bond acceptors (Lipinski definition) is 4. The minimum atomic E-state index is -1.71. The number of nitrogens with zero attached hydrogens (tertiary/aromatic N) is 2. The molecule has 2 unspecified atom stereocenters. The number of likely N-dealkylation sites (tertiary alicyclic amines) is 1. The highest BCUT2D eigenvalue weighted by Gasteiger charge is 2.71. The molecule has 1 fully saturated rings. The van der Waals surface area contributed by atoms with E-state index in [0.717, 1.165) is 18.4 Å². The standard InChI is InChI=1S/C22H30N2O4/c1-6-8-14-23-18(25)15-21(23)16-11-9-10-12-17(16)24(22(21,27)13-7-2)19(26)28-20(3,4)5/h7,9-13,27H,6,8,14-15H2,1-5H3/b13-7-. The fourth-order valence-corrected chi connectivity index (χ4v) is 4.31. The van der Waals surface area contributed by atoms with Crippen LogP contribution in [0.1, 0.15) is 59.4 Å². The van der Waals surface area contributed by atoms with Crippen molar-refractivity contribution in [2.75, 3.05) is 11.4 Å². The van der Waals surface area contributed by atoms with E-state index < -0.39 is 23.0 Å². The number of unbranched alkanes of at least 4 members (excludes halogenated alkanes) is 1. The van der Waals surface area contributed by atoms with Gasteiger partial charge in [0, 0.05) is 12.1 Å². The number of carbonyl (C=O) groups is 2. The van der Waals surface area contributed by atoms with Gasteiger partial charge in [-0.25, -0.2) is 9.69 Å². The Kier molecular flexibility index (Phi) is 5.04. The van der Waals surface area contributed by atoms with Crippen molar-refractivity contribution in [2.45, 2.75) is 70.7 Å². The summed E-state index contributed by atoms with van der Waals surface area (Å²) in [5.74, 6) is -0.0165. The maximum absolute atomic E-state index is 13.2. The van der Waals surface area contributed by atoms with Gasteiger partial charge in [0.2, 0.25) is 5.91 Å². The first-order valence-corrected chi connectivity index (χ1v) is 9.92. The smallest absolute Gasteiger partial charge is 0.417 e. The molecule has 0 saturated carbocycles. The molecule has 2 atom stereocenters. The largest absolute Gasteiger partial charge is 0.443 e. The predicted octanol–water partition coefficient (Wildman–Crippen LogP) is 3.93. The van der Waals surface area contributed by atoms with Crippen LogP contribution in [0.4, 0.5) is 10.5 Å². The topological polar surface area (TPSA) is 70.1 Å². The van der Waals surface area contributed by atoms with E-state index in [2.05, 4.69) is 6.92 Å². The van der Waals surface area contributed by atoms with E-state index in [9.17, 15) is 14.7 Å². The SMILES string of the molecule is C/C=C\C1(O)N(C(=O)OC(C)(C)C)c2ccccc2C12CC(=O)N2CCCC. The van der Waals surface area contributed by atoms with Crippen molar-refractivity contribution < 1.29 is 19.4 Å². The zero-order valence-corrected chi connectivity index (χ0v) is 17.4. The van der Waals surface area contributed by atoms with E-state index in [1.54, 1.807) is 50.8 Å². The Balaban J connectivity index is 2.18. The van der Waals surface area contributed by atoms with Crippen molar-refractivity contribution >= 4 is 17.7 Å². The molecule has 0 bridgehead atoms. The normalized spacial score (nSPS) is 26.7. The molecule has 0 radical (unpaired) electrons. The number of anilines is 1. The molecule has 1 aromatic rings. The second kappa shape index (κ2) is 6.92. The average Bonchev–Trinajstić information content (AvgIpc) is 2.81. The lowest BCUT2D eigenvalue weighted by molar-refractivity contribution is -0.180. The van der Waals surface area contributed by atoms with Crippen LogP contribution in [0.2, 0.25) is 0 Å². The van der Waals surface area contributed by atoms with Crippen LogP contribution in [-0.4, -0.2) is 39.9 Å². The first-order valence-electron chi connectivity index (χ1n) is 9.92. The summed E-state index contributed by atoms with van der Waals surface area (Å²) in [5, 5.41) is 11.9. The molecular formula is C22H30N2O4. The Hall–Kier alpha value is -2.34. The number of carbonyl (C=O) groups excluding carboxylic acids is 2. The number of fused-ring (bicyclic) bond motifs is 2. The lowest BCUT2D eigenvalue weighted by Gasteiger charge is -2.56. The molecule has 2 aliphatic heterocycles. The van der Waals surface area contributed by atoms with Gasteiger partial charge >= 0.3 is 6.09 Å². The molecule has 0 aliphatic carbocycles. The van der Waals surface area contributed by atoms with Crippen molar-refractivity contribution in [2.24, 2.45) is 0 Å². The van der Waals surface area contributed by atoms with E-state index in [4.69, 9.17) is 4.74 Å². The zero-order chi connectivity index (χ0) is 20.7. The van der Waals surface area contributed by atoms with Gasteiger partial charge in [-0.2, -0.15) is 0 Å². The first kappa shape index (κ1) is 20.4. The number of amides is 2. The van der Waals surface area contributed by atoms with E-state index in [1.807, 2.05) is 18.2 Å². The van der Waals surface area contributed by atoms with Crippen LogP contribution < -0.4 is 4.90 Å². The lowest BCUT2D eigenvalue weighted by atomic mass is 9.71. The number of rotatable bonds is 4. The van der Waals surface area contributed by atoms with Gasteiger partial charge < -0.3 is 14.7 Å². The Labute approximate surface area is 166 Å². The molecule has 1 saturated heterocycles. The number of hydrogen-bond donors (Lipinski definition) is 1. The van der Waals surface area contributed by atoms with Crippen molar-refractivity contribution in [3.05, 3.63) is 42.0 Å². The second-order valence-corrected chi connectivity index (χ2v) is 8.50. The summed E-state index contributed by atoms with van der Waals surface area (Å²) < 4.78 is 5.62. The van der Waals surface area contributed by atoms with Gasteiger partial charge in [0.25, 0.3) is 0 Å². The quantitative estimate of drug-likeness (QED) is 0.629. The Morgan fingerprint density at radius 1 is 1.32 bits per heavy atom. The van der Waals surface area contributed by atoms with Crippen LogP contribution in [0.5, 0.6) is 0 Å². The molecule has 3 rings (SSSR count). The number of aliphatic hydroxyl groups is 1. The molecule has 152 valence electrons. The predicted molar refractivity (Wildman–Crippen MR) is 108 cm³/mol. The third-order valence-electron chi connectivity index (χ3n) is 5.42. The highest BCUT2D eigenvalue weighted by molar-refractivity contribution is 5.98. The Bertz CT molecular complexity index is 813. The maximum Gasteiger partial charge on any atom is 0.417 e. The zero-order valence-electron chi connectivity index (χ0n) is 17.4. The van der Waals surface area contributed by atoms with Crippen molar-refractivity contribution in [3.63, 3.8) is 0 Å². The van der Waals surface area contributed by atoms with E-state index in [-0.39, 0.29) is 12.3 Å². The highest BCUT2D eigenvalue weighted by atomic mass is 16.6. The summed E-state index contributed by atoms with van der Waals surface area (Å²) in [6, 6.07) is 7.38. The first-order chi connectivity index (χ1) is 13.1. The number of β-lactam (4-membered cyclic amide) rings is 1. The summed E-state index contributed by atoms with van der Waals surface area (Å²) in [6.07, 6.45) is 4.59. The number of ether oxygens (including phenoxy) is 1. The molecule has 1 N–H and O–H groups in total. The molecular weight excluding hydrogens is 356 g/mol. The molecule has 1 aromatic carbocycles. The van der Waals surface area contributed by atoms with E-state index in [1.165, 1.54) is 4.90 Å². The van der Waals surface area contributed by atoms with E-state index in [0.29, 0.717) is 12.2 Å². The van der Waals surface area contributed by atoms with Crippen molar-refractivity contribution in [3.8, 4) is 0 Å². The Morgan fingerprint density at radius 3 is 2.57 bits per heavy atom. The fraction of sp³-hybridized carbons (Fsp3) is 0.545. The average molecular weight is 386 g/mol. The second-order valence-electron chi connectivity index (χ2n) is 8.50. The van der Waals surface area contributed by atoms with E-state index >= 15 is 0 Å². The molecule has 6 nitrogen and oxygen atoms in total. The van der Waals surface area contributed by atoms with Crippen LogP contribution in [0, 0.1) is 0 Å². The van der Waals surface area contributed by atoms with Gasteiger partial charge in [-0.15, -0.1) is 0 Å². The van der Waals surface area contributed by atoms with Gasteiger partial charge in [-0.05, 0) is 46.3 Å². The third-order valence-corrected chi connectivity index (χ3v) is 5.42. The van der Waals surface area contributed by atoms with Crippen LogP contribution >= 0.6 is 0 Å². The van der Waals surface area contributed by atoms with Gasteiger partial charge in [0.05, 0.1) is 12.1 Å². The molecule has 2 aliphatic rings. The summed E-state index contributed by atoms with van der Waals surface area (Å²) in [7, 11) is 0. The van der Waals surface area contributed by atoms with Crippen molar-refractivity contribution in [1.29, 1.82) is 0 Å². The van der Waals surface area contributed by atoms with Gasteiger partial charge in [0.15, 0.2) is 5.72 Å². The number of para-hydroxylation sites is 1. The van der Waals surface area contributed by atoms with Crippen LogP contribution in [0.15, 0.2) is 36.4 Å². The lowest BCUT2D eigenvalue weighted by Crippen LogP contribution is -2.73. The molecule has 0 aromatic heterocycles. The molecule has 28 heavy (non-hydrogen) atoms. The molecule has 1 spiro atoms. The summed E-state index contributed by atoms with van der Waals surface area (Å²) in [4.78, 5) is 28.7. The van der Waals surface area contributed by atoms with Crippen LogP contribution in [-0.2, 0) is 15.1 Å². The van der Waals surface area contributed by atoms with Crippen LogP contribution in [0.25, 0.3) is 0 Å². The maximum atomic E-state index is 13.2. The highest BCUT2D eigenvalue weighted by Crippen LogP contribution is 2.59.